The fourth-order valence-electron chi connectivity index (χ4n) is 5.20. The molecule has 270 valence electrons. The van der Waals surface area contributed by atoms with E-state index in [2.05, 4.69) is 16.7 Å². The highest BCUT2D eigenvalue weighted by Crippen LogP contribution is 2.49. The summed E-state index contributed by atoms with van der Waals surface area (Å²) in [6.45, 7) is 16.3. The number of amides is 1. The minimum absolute atomic E-state index is 0.0791. The summed E-state index contributed by atoms with van der Waals surface area (Å²) >= 11 is 6.47. The molecule has 2 atom stereocenters. The summed E-state index contributed by atoms with van der Waals surface area (Å²) in [5, 5.41) is 2.79. The molecule has 49 heavy (non-hydrogen) atoms. The second kappa shape index (κ2) is 17.8. The molecule has 0 spiro atoms. The van der Waals surface area contributed by atoms with Gasteiger partial charge in [0.05, 0.1) is 43.7 Å². The number of carbonyl (C=O) groups is 1. The topological polar surface area (TPSA) is 97.1 Å². The second-order valence-electron chi connectivity index (χ2n) is 13.1. The first kappa shape index (κ1) is 42.1. The first-order valence-corrected chi connectivity index (χ1v) is 18.3. The van der Waals surface area contributed by atoms with Gasteiger partial charge in [-0.2, -0.15) is 17.2 Å². The smallest absolute Gasteiger partial charge is 0.265 e. The van der Waals surface area contributed by atoms with E-state index >= 15 is 17.6 Å². The maximum Gasteiger partial charge on any atom is 0.265 e. The fourth-order valence-corrected chi connectivity index (χ4v) is 7.49. The van der Waals surface area contributed by atoms with Crippen molar-refractivity contribution in [3.8, 4) is 5.75 Å². The van der Waals surface area contributed by atoms with Crippen LogP contribution in [0.1, 0.15) is 63.5 Å². The Morgan fingerprint density at radius 3 is 2.20 bits per heavy atom. The lowest BCUT2D eigenvalue weighted by Crippen LogP contribution is -2.50. The van der Waals surface area contributed by atoms with Crippen molar-refractivity contribution in [1.29, 1.82) is 0 Å². The average molecular weight is 747 g/mol. The quantitative estimate of drug-likeness (QED) is 0.0232. The predicted octanol–water partition coefficient (Wildman–Crippen LogP) is 7.10. The molecule has 2 rings (SSSR count). The van der Waals surface area contributed by atoms with Crippen molar-refractivity contribution in [1.82, 2.24) is 5.32 Å². The van der Waals surface area contributed by atoms with Crippen LogP contribution in [0, 0.1) is 29.8 Å². The molecule has 0 saturated carbocycles. The summed E-state index contributed by atoms with van der Waals surface area (Å²) in [4.78, 5) is 17.8. The normalized spacial score (nSPS) is 14.0. The average Bonchev–Trinajstić information content (AvgIpc) is 3.02. The standard InChI is InChI=1S/C34H43F4N3O5S3/c1-8-9-20-46-30-28(37)26(35)25(27(36)29(30)38)24(22-33(2,3)39-5)34(4,48-31(47)23-15-11-10-12-16-23)32(42)40-17-13-18-41(6,7)19-14-21-49(43,44)45/h8,10-12,15-16,24H,1,9,13-14,17-22H2,2-4,6-7H3,(H-,40,42,43,44,45)/p+1. The monoisotopic (exact) mass is 746 g/mol. The minimum Gasteiger partial charge on any atom is -0.487 e. The Balaban J connectivity index is 2.60. The molecule has 0 aliphatic carbocycles. The Morgan fingerprint density at radius 2 is 1.67 bits per heavy atom. The number of carbonyl (C=O) groups excluding carboxylic acids is 1. The summed E-state index contributed by atoms with van der Waals surface area (Å²) in [5.74, 6) is -11.0. The Kier molecular flexibility index (Phi) is 15.3. The van der Waals surface area contributed by atoms with E-state index < -0.39 is 66.8 Å². The number of halogens is 4. The molecule has 2 aromatic rings. The van der Waals surface area contributed by atoms with E-state index in [1.807, 2.05) is 14.1 Å². The van der Waals surface area contributed by atoms with Crippen LogP contribution in [0.25, 0.3) is 4.85 Å². The van der Waals surface area contributed by atoms with Crippen LogP contribution >= 0.6 is 24.0 Å². The molecule has 0 heterocycles. The Labute approximate surface area is 296 Å². The lowest BCUT2D eigenvalue weighted by molar-refractivity contribution is -0.890. The van der Waals surface area contributed by atoms with Gasteiger partial charge in [-0.15, -0.1) is 6.58 Å². The van der Waals surface area contributed by atoms with Crippen LogP contribution in [0.2, 0.25) is 0 Å². The van der Waals surface area contributed by atoms with Crippen molar-refractivity contribution in [2.45, 2.75) is 62.7 Å². The number of nitrogens with zero attached hydrogens (tertiary/aromatic N) is 2. The molecule has 2 N–H and O–H groups in total. The summed E-state index contributed by atoms with van der Waals surface area (Å²) < 4.78 is 97.9. The van der Waals surface area contributed by atoms with Crippen LogP contribution < -0.4 is 10.1 Å². The van der Waals surface area contributed by atoms with Crippen molar-refractivity contribution in [3.63, 3.8) is 0 Å². The molecular weight excluding hydrogens is 703 g/mol. The third-order valence-electron chi connectivity index (χ3n) is 8.00. The van der Waals surface area contributed by atoms with Crippen molar-refractivity contribution >= 4 is 44.2 Å². The number of thioether (sulfide) groups is 1. The maximum atomic E-state index is 16.0. The first-order valence-electron chi connectivity index (χ1n) is 15.5. The molecule has 0 bridgehead atoms. The van der Waals surface area contributed by atoms with Crippen LogP contribution in [-0.2, 0) is 14.9 Å². The molecule has 0 aliphatic heterocycles. The van der Waals surface area contributed by atoms with E-state index in [0.717, 1.165) is 11.8 Å². The largest absolute Gasteiger partial charge is 0.487 e. The highest BCUT2D eigenvalue weighted by Gasteiger charge is 2.50. The second-order valence-corrected chi connectivity index (χ2v) is 16.8. The summed E-state index contributed by atoms with van der Waals surface area (Å²) in [7, 11) is -0.398. The molecule has 0 aromatic heterocycles. The molecule has 2 aromatic carbocycles. The lowest BCUT2D eigenvalue weighted by atomic mass is 9.77. The highest BCUT2D eigenvalue weighted by molar-refractivity contribution is 8.25. The van der Waals surface area contributed by atoms with Gasteiger partial charge in [-0.25, -0.2) is 15.4 Å². The summed E-state index contributed by atoms with van der Waals surface area (Å²) in [6, 6.07) is 8.55. The molecule has 8 nitrogen and oxygen atoms in total. The third-order valence-corrected chi connectivity index (χ3v) is 10.6. The van der Waals surface area contributed by atoms with Gasteiger partial charge in [0.25, 0.3) is 10.1 Å². The van der Waals surface area contributed by atoms with Gasteiger partial charge in [0, 0.05) is 51.1 Å². The van der Waals surface area contributed by atoms with Gasteiger partial charge in [-0.1, -0.05) is 60.4 Å². The maximum absolute atomic E-state index is 16.0. The van der Waals surface area contributed by atoms with Crippen LogP contribution in [-0.4, -0.2) is 83.9 Å². The van der Waals surface area contributed by atoms with Gasteiger partial charge < -0.3 is 19.4 Å². The number of quaternary nitrogens is 1. The number of thiocarbonyl (C=S) groups is 1. The number of hydrogen-bond acceptors (Lipinski definition) is 6. The number of hydrogen-bond donors (Lipinski definition) is 2. The van der Waals surface area contributed by atoms with Gasteiger partial charge in [-0.3, -0.25) is 9.35 Å². The summed E-state index contributed by atoms with van der Waals surface area (Å²) in [5.41, 5.74) is -1.85. The van der Waals surface area contributed by atoms with E-state index in [-0.39, 0.29) is 42.4 Å². The zero-order valence-corrected chi connectivity index (χ0v) is 30.8. The Morgan fingerprint density at radius 1 is 1.10 bits per heavy atom. The van der Waals surface area contributed by atoms with Gasteiger partial charge in [-0.05, 0) is 18.9 Å². The summed E-state index contributed by atoms with van der Waals surface area (Å²) in [6.07, 6.45) is 1.78. The molecule has 0 saturated heterocycles. The van der Waals surface area contributed by atoms with Crippen LogP contribution in [0.3, 0.4) is 0 Å². The molecule has 0 aliphatic rings. The third kappa shape index (κ3) is 12.1. The Hall–Kier alpha value is -3.03. The predicted molar refractivity (Wildman–Crippen MR) is 189 cm³/mol. The Bertz CT molecular complexity index is 1620. The van der Waals surface area contributed by atoms with Crippen LogP contribution in [0.5, 0.6) is 5.75 Å². The molecular formula is C34H44F4N3O5S3+. The van der Waals surface area contributed by atoms with E-state index in [1.54, 1.807) is 30.3 Å². The van der Waals surface area contributed by atoms with Gasteiger partial charge in [0.15, 0.2) is 17.4 Å². The lowest BCUT2D eigenvalue weighted by Gasteiger charge is -2.38. The number of rotatable bonds is 19. The van der Waals surface area contributed by atoms with Crippen molar-refractivity contribution < 1.29 is 44.5 Å². The number of benzene rings is 2. The minimum atomic E-state index is -4.10. The number of nitrogens with one attached hydrogen (secondary N) is 1. The van der Waals surface area contributed by atoms with E-state index in [1.165, 1.54) is 26.8 Å². The molecule has 0 fully saturated rings. The van der Waals surface area contributed by atoms with Gasteiger partial charge in [0.2, 0.25) is 23.1 Å². The molecule has 0 radical (unpaired) electrons. The van der Waals surface area contributed by atoms with E-state index in [4.69, 9.17) is 28.1 Å². The van der Waals surface area contributed by atoms with Crippen LogP contribution in [0.4, 0.5) is 17.6 Å². The molecule has 1 amide bonds. The SMILES string of the molecule is [C-]#[N+]C(C)(C)CC(c1c(F)c(F)c(OCCC=C)c(F)c1F)C(C)(SC(=S)c1ccccc1)C(=O)NCCC[N+](C)(C)CCCS(=O)(=O)O. The zero-order valence-electron chi connectivity index (χ0n) is 28.3. The molecule has 15 heteroatoms. The van der Waals surface area contributed by atoms with E-state index in [0.29, 0.717) is 29.6 Å². The molecule has 2 unspecified atom stereocenters. The fraction of sp³-hybridized carbons (Fsp3) is 0.500. The van der Waals surface area contributed by atoms with Crippen molar-refractivity contribution in [2.75, 3.05) is 46.1 Å². The van der Waals surface area contributed by atoms with Crippen LogP contribution in [0.15, 0.2) is 43.0 Å². The first-order chi connectivity index (χ1) is 22.7. The van der Waals surface area contributed by atoms with Gasteiger partial charge >= 0.3 is 0 Å². The van der Waals surface area contributed by atoms with Crippen molar-refractivity contribution in [3.05, 3.63) is 88.8 Å². The number of ether oxygens (including phenoxy) is 1. The zero-order chi connectivity index (χ0) is 37.2. The van der Waals surface area contributed by atoms with Crippen molar-refractivity contribution in [2.24, 2.45) is 0 Å². The van der Waals surface area contributed by atoms with E-state index in [9.17, 15) is 13.2 Å². The highest BCUT2D eigenvalue weighted by atomic mass is 32.2. The van der Waals surface area contributed by atoms with Gasteiger partial charge in [0.1, 0.15) is 4.75 Å².